The standard InChI is InChI=1S/C12H16ClNO/c1-8-5-11(15)7-12(14-8)9-3-2-4-10(13)6-9/h2-4,6,8,11-12,14-15H,5,7H2,1H3/t8-,11-,12-/m0/s1. The maximum absolute atomic E-state index is 9.71. The molecule has 0 spiro atoms. The minimum Gasteiger partial charge on any atom is -0.393 e. The second-order valence-corrected chi connectivity index (χ2v) is 4.74. The fraction of sp³-hybridized carbons (Fsp3) is 0.500. The Kier molecular flexibility index (Phi) is 3.29. The first-order chi connectivity index (χ1) is 7.15. The monoisotopic (exact) mass is 225 g/mol. The van der Waals surface area contributed by atoms with Crippen molar-refractivity contribution in [2.75, 3.05) is 0 Å². The van der Waals surface area contributed by atoms with E-state index in [9.17, 15) is 5.11 Å². The highest BCUT2D eigenvalue weighted by Crippen LogP contribution is 2.27. The first kappa shape index (κ1) is 10.9. The molecule has 3 heteroatoms. The lowest BCUT2D eigenvalue weighted by atomic mass is 9.92. The average Bonchev–Trinajstić information content (AvgIpc) is 2.16. The number of aliphatic hydroxyl groups is 1. The van der Waals surface area contributed by atoms with Crippen LogP contribution < -0.4 is 5.32 Å². The molecule has 1 aromatic carbocycles. The summed E-state index contributed by atoms with van der Waals surface area (Å²) >= 11 is 5.95. The van der Waals surface area contributed by atoms with Gasteiger partial charge in [0.2, 0.25) is 0 Å². The lowest BCUT2D eigenvalue weighted by Crippen LogP contribution is -2.40. The molecule has 1 heterocycles. The van der Waals surface area contributed by atoms with Crippen molar-refractivity contribution in [3.63, 3.8) is 0 Å². The van der Waals surface area contributed by atoms with Crippen LogP contribution in [0.25, 0.3) is 0 Å². The van der Waals surface area contributed by atoms with Gasteiger partial charge in [-0.25, -0.2) is 0 Å². The van der Waals surface area contributed by atoms with Gasteiger partial charge in [0.05, 0.1) is 6.10 Å². The maximum Gasteiger partial charge on any atom is 0.0573 e. The van der Waals surface area contributed by atoms with Crippen molar-refractivity contribution >= 4 is 11.6 Å². The van der Waals surface area contributed by atoms with E-state index >= 15 is 0 Å². The number of hydrogen-bond donors (Lipinski definition) is 2. The van der Waals surface area contributed by atoms with Gasteiger partial charge < -0.3 is 10.4 Å². The summed E-state index contributed by atoms with van der Waals surface area (Å²) in [4.78, 5) is 0. The molecule has 15 heavy (non-hydrogen) atoms. The van der Waals surface area contributed by atoms with Gasteiger partial charge in [0, 0.05) is 17.1 Å². The molecule has 1 aromatic rings. The van der Waals surface area contributed by atoms with Crippen molar-refractivity contribution in [3.05, 3.63) is 34.9 Å². The van der Waals surface area contributed by atoms with E-state index in [0.29, 0.717) is 6.04 Å². The van der Waals surface area contributed by atoms with Gasteiger partial charge in [0.1, 0.15) is 0 Å². The summed E-state index contributed by atoms with van der Waals surface area (Å²) in [6.07, 6.45) is 1.40. The van der Waals surface area contributed by atoms with E-state index in [1.165, 1.54) is 0 Å². The quantitative estimate of drug-likeness (QED) is 0.770. The molecule has 82 valence electrons. The third kappa shape index (κ3) is 2.71. The van der Waals surface area contributed by atoms with E-state index in [4.69, 9.17) is 11.6 Å². The molecule has 1 fully saturated rings. The molecule has 1 aliphatic heterocycles. The first-order valence-corrected chi connectivity index (χ1v) is 5.72. The zero-order valence-corrected chi connectivity index (χ0v) is 9.54. The Morgan fingerprint density at radius 3 is 2.87 bits per heavy atom. The molecule has 2 rings (SSSR count). The molecule has 0 unspecified atom stereocenters. The molecule has 2 nitrogen and oxygen atoms in total. The van der Waals surface area contributed by atoms with Crippen LogP contribution in [0, 0.1) is 0 Å². The molecule has 0 radical (unpaired) electrons. The topological polar surface area (TPSA) is 32.3 Å². The molecule has 0 saturated carbocycles. The molecule has 1 saturated heterocycles. The van der Waals surface area contributed by atoms with E-state index in [1.807, 2.05) is 24.3 Å². The minimum atomic E-state index is -0.203. The summed E-state index contributed by atoms with van der Waals surface area (Å²) in [7, 11) is 0. The van der Waals surface area contributed by atoms with Crippen LogP contribution >= 0.6 is 11.6 Å². The summed E-state index contributed by atoms with van der Waals surface area (Å²) in [6, 6.07) is 8.41. The summed E-state index contributed by atoms with van der Waals surface area (Å²) < 4.78 is 0. The second-order valence-electron chi connectivity index (χ2n) is 4.30. The van der Waals surface area contributed by atoms with Crippen molar-refractivity contribution < 1.29 is 5.11 Å². The number of rotatable bonds is 1. The predicted molar refractivity (Wildman–Crippen MR) is 62.0 cm³/mol. The number of hydrogen-bond acceptors (Lipinski definition) is 2. The van der Waals surface area contributed by atoms with Crippen molar-refractivity contribution in [2.24, 2.45) is 0 Å². The smallest absolute Gasteiger partial charge is 0.0573 e. The van der Waals surface area contributed by atoms with E-state index in [-0.39, 0.29) is 12.1 Å². The third-order valence-corrected chi connectivity index (χ3v) is 3.11. The highest BCUT2D eigenvalue weighted by molar-refractivity contribution is 6.30. The van der Waals surface area contributed by atoms with Gasteiger partial charge >= 0.3 is 0 Å². The molecular formula is C12H16ClNO. The minimum absolute atomic E-state index is 0.203. The van der Waals surface area contributed by atoms with Crippen molar-refractivity contribution in [1.29, 1.82) is 0 Å². The average molecular weight is 226 g/mol. The van der Waals surface area contributed by atoms with Gasteiger partial charge in [-0.05, 0) is 37.5 Å². The van der Waals surface area contributed by atoms with Crippen molar-refractivity contribution in [3.8, 4) is 0 Å². The Balaban J connectivity index is 2.16. The molecule has 3 atom stereocenters. The van der Waals surface area contributed by atoms with Gasteiger partial charge in [-0.1, -0.05) is 23.7 Å². The Morgan fingerprint density at radius 1 is 1.40 bits per heavy atom. The molecule has 2 N–H and O–H groups in total. The van der Waals surface area contributed by atoms with Crippen LogP contribution in [-0.2, 0) is 0 Å². The van der Waals surface area contributed by atoms with Crippen LogP contribution in [0.2, 0.25) is 5.02 Å². The number of aliphatic hydroxyl groups excluding tert-OH is 1. The lowest BCUT2D eigenvalue weighted by molar-refractivity contribution is 0.0975. The number of nitrogens with one attached hydrogen (secondary N) is 1. The Hall–Kier alpha value is -0.570. The molecule has 1 aliphatic rings. The van der Waals surface area contributed by atoms with Crippen molar-refractivity contribution in [2.45, 2.75) is 38.0 Å². The lowest BCUT2D eigenvalue weighted by Gasteiger charge is -2.32. The number of piperidine rings is 1. The Bertz CT molecular complexity index is 332. The zero-order valence-electron chi connectivity index (χ0n) is 8.78. The van der Waals surface area contributed by atoms with Crippen LogP contribution in [-0.4, -0.2) is 17.3 Å². The Morgan fingerprint density at radius 2 is 2.20 bits per heavy atom. The summed E-state index contributed by atoms with van der Waals surface area (Å²) in [5.41, 5.74) is 1.16. The SMILES string of the molecule is C[C@H]1C[C@H](O)C[C@@H](c2cccc(Cl)c2)N1. The molecular weight excluding hydrogens is 210 g/mol. The highest BCUT2D eigenvalue weighted by atomic mass is 35.5. The summed E-state index contributed by atoms with van der Waals surface area (Å²) in [5, 5.41) is 13.9. The van der Waals surface area contributed by atoms with Crippen LogP contribution in [0.15, 0.2) is 24.3 Å². The summed E-state index contributed by atoms with van der Waals surface area (Å²) in [6.45, 7) is 2.10. The van der Waals surface area contributed by atoms with E-state index < -0.39 is 0 Å². The van der Waals surface area contributed by atoms with Crippen LogP contribution in [0.5, 0.6) is 0 Å². The highest BCUT2D eigenvalue weighted by Gasteiger charge is 2.25. The molecule has 0 amide bonds. The summed E-state index contributed by atoms with van der Waals surface area (Å²) in [5.74, 6) is 0. The fourth-order valence-corrected chi connectivity index (χ4v) is 2.41. The van der Waals surface area contributed by atoms with Crippen LogP contribution in [0.1, 0.15) is 31.4 Å². The van der Waals surface area contributed by atoms with Crippen LogP contribution in [0.4, 0.5) is 0 Å². The van der Waals surface area contributed by atoms with Crippen LogP contribution in [0.3, 0.4) is 0 Å². The van der Waals surface area contributed by atoms with E-state index in [1.54, 1.807) is 0 Å². The molecule has 0 aromatic heterocycles. The van der Waals surface area contributed by atoms with E-state index in [0.717, 1.165) is 23.4 Å². The predicted octanol–water partition coefficient (Wildman–Crippen LogP) is 2.51. The molecule has 0 bridgehead atoms. The Labute approximate surface area is 95.3 Å². The van der Waals surface area contributed by atoms with E-state index in [2.05, 4.69) is 12.2 Å². The van der Waals surface area contributed by atoms with Gasteiger partial charge in [-0.2, -0.15) is 0 Å². The van der Waals surface area contributed by atoms with Crippen molar-refractivity contribution in [1.82, 2.24) is 5.32 Å². The number of halogens is 1. The van der Waals surface area contributed by atoms with Gasteiger partial charge in [-0.15, -0.1) is 0 Å². The number of benzene rings is 1. The zero-order chi connectivity index (χ0) is 10.8. The van der Waals surface area contributed by atoms with Gasteiger partial charge in [-0.3, -0.25) is 0 Å². The normalized spacial score (nSPS) is 31.5. The maximum atomic E-state index is 9.71. The fourth-order valence-electron chi connectivity index (χ4n) is 2.21. The first-order valence-electron chi connectivity index (χ1n) is 5.34. The van der Waals surface area contributed by atoms with Gasteiger partial charge in [0.15, 0.2) is 0 Å². The third-order valence-electron chi connectivity index (χ3n) is 2.87. The van der Waals surface area contributed by atoms with Gasteiger partial charge in [0.25, 0.3) is 0 Å². The second kappa shape index (κ2) is 4.52. The molecule has 0 aliphatic carbocycles. The largest absolute Gasteiger partial charge is 0.393 e.